The third kappa shape index (κ3) is 4.07. The van der Waals surface area contributed by atoms with Crippen molar-refractivity contribution in [1.29, 1.82) is 0 Å². The van der Waals surface area contributed by atoms with Crippen LogP contribution in [0.5, 0.6) is 5.75 Å². The molecule has 2 heterocycles. The second-order valence-corrected chi connectivity index (χ2v) is 5.37. The van der Waals surface area contributed by atoms with Crippen molar-refractivity contribution in [2.75, 3.05) is 44.2 Å². The number of H-pyrrole nitrogens is 1. The minimum atomic E-state index is -0.266. The van der Waals surface area contributed by atoms with Gasteiger partial charge in [0.2, 0.25) is 0 Å². The van der Waals surface area contributed by atoms with Gasteiger partial charge in [0.25, 0.3) is 5.56 Å². The van der Waals surface area contributed by atoms with Gasteiger partial charge in [0.1, 0.15) is 18.2 Å². The van der Waals surface area contributed by atoms with Crippen molar-refractivity contribution in [1.82, 2.24) is 14.9 Å². The fourth-order valence-electron chi connectivity index (χ4n) is 2.58. The zero-order valence-corrected chi connectivity index (χ0v) is 12.7. The number of aromatic nitrogens is 2. The molecule has 1 aromatic carbocycles. The molecule has 6 nitrogen and oxygen atoms in total. The van der Waals surface area contributed by atoms with E-state index >= 15 is 0 Å². The highest BCUT2D eigenvalue weighted by Crippen LogP contribution is 2.12. The summed E-state index contributed by atoms with van der Waals surface area (Å²) in [4.78, 5) is 22.8. The fraction of sp³-hybridized carbons (Fsp3) is 0.375. The molecular weight excluding hydrogens is 299 g/mol. The molecule has 122 valence electrons. The number of aromatic amines is 1. The molecule has 0 unspecified atom stereocenters. The zero-order chi connectivity index (χ0) is 16.1. The number of nitrogens with zero attached hydrogens (tertiary/aromatic N) is 3. The maximum Gasteiger partial charge on any atom is 0.290 e. The minimum absolute atomic E-state index is 0.152. The fourth-order valence-corrected chi connectivity index (χ4v) is 2.58. The molecule has 1 aromatic heterocycles. The van der Waals surface area contributed by atoms with Gasteiger partial charge in [-0.1, -0.05) is 0 Å². The minimum Gasteiger partial charge on any atom is -0.492 e. The van der Waals surface area contributed by atoms with Gasteiger partial charge >= 0.3 is 0 Å². The average Bonchev–Trinajstić information content (AvgIpc) is 2.58. The lowest BCUT2D eigenvalue weighted by atomic mass is 10.3. The van der Waals surface area contributed by atoms with E-state index in [-0.39, 0.29) is 11.4 Å². The van der Waals surface area contributed by atoms with Gasteiger partial charge < -0.3 is 14.6 Å². The van der Waals surface area contributed by atoms with E-state index in [9.17, 15) is 9.18 Å². The van der Waals surface area contributed by atoms with Gasteiger partial charge in [-0.05, 0) is 24.3 Å². The van der Waals surface area contributed by atoms with Gasteiger partial charge in [-0.2, -0.15) is 0 Å². The Bertz CT molecular complexity index is 681. The molecule has 1 aliphatic heterocycles. The maximum atomic E-state index is 12.8. The Morgan fingerprint density at radius 2 is 1.91 bits per heavy atom. The highest BCUT2D eigenvalue weighted by molar-refractivity contribution is 5.35. The van der Waals surface area contributed by atoms with Crippen molar-refractivity contribution >= 4 is 5.82 Å². The Morgan fingerprint density at radius 1 is 1.17 bits per heavy atom. The van der Waals surface area contributed by atoms with Crippen LogP contribution in [0.1, 0.15) is 0 Å². The lowest BCUT2D eigenvalue weighted by Crippen LogP contribution is -2.49. The first kappa shape index (κ1) is 15.5. The second-order valence-electron chi connectivity index (χ2n) is 5.37. The highest BCUT2D eigenvalue weighted by Gasteiger charge is 2.19. The van der Waals surface area contributed by atoms with Crippen molar-refractivity contribution in [3.05, 3.63) is 52.8 Å². The summed E-state index contributed by atoms with van der Waals surface area (Å²) in [5.74, 6) is 0.887. The second kappa shape index (κ2) is 7.23. The van der Waals surface area contributed by atoms with E-state index in [4.69, 9.17) is 4.74 Å². The molecule has 7 heteroatoms. The van der Waals surface area contributed by atoms with Crippen molar-refractivity contribution in [2.45, 2.75) is 0 Å². The molecule has 1 saturated heterocycles. The lowest BCUT2D eigenvalue weighted by Gasteiger charge is -2.34. The molecule has 0 radical (unpaired) electrons. The standard InChI is InChI=1S/C16H19FN4O2/c17-13-1-3-14(4-2-13)23-12-11-20-7-9-21(10-8-20)15-16(22)19-6-5-18-15/h1-6H,7-12H2,(H,19,22). The highest BCUT2D eigenvalue weighted by atomic mass is 19.1. The van der Waals surface area contributed by atoms with Crippen LogP contribution < -0.4 is 15.2 Å². The number of rotatable bonds is 5. The van der Waals surface area contributed by atoms with Gasteiger partial charge in [0.15, 0.2) is 5.82 Å². The molecule has 3 rings (SSSR count). The number of hydrogen-bond acceptors (Lipinski definition) is 5. The number of anilines is 1. The molecule has 0 atom stereocenters. The molecule has 0 aliphatic carbocycles. The van der Waals surface area contributed by atoms with Crippen molar-refractivity contribution < 1.29 is 9.13 Å². The molecule has 0 spiro atoms. The summed E-state index contributed by atoms with van der Waals surface area (Å²) in [5.41, 5.74) is -0.152. The summed E-state index contributed by atoms with van der Waals surface area (Å²) in [6.45, 7) is 4.57. The molecule has 1 fully saturated rings. The summed E-state index contributed by atoms with van der Waals surface area (Å²) < 4.78 is 18.4. The summed E-state index contributed by atoms with van der Waals surface area (Å²) >= 11 is 0. The van der Waals surface area contributed by atoms with Crippen LogP contribution in [-0.2, 0) is 0 Å². The number of benzene rings is 1. The summed E-state index contributed by atoms with van der Waals surface area (Å²) in [6.07, 6.45) is 3.13. The number of ether oxygens (including phenoxy) is 1. The van der Waals surface area contributed by atoms with Crippen LogP contribution in [0.15, 0.2) is 41.5 Å². The van der Waals surface area contributed by atoms with Gasteiger partial charge in [-0.3, -0.25) is 9.69 Å². The molecule has 0 amide bonds. The summed E-state index contributed by atoms with van der Waals surface area (Å²) in [5, 5.41) is 0. The summed E-state index contributed by atoms with van der Waals surface area (Å²) in [6, 6.07) is 6.03. The van der Waals surface area contributed by atoms with E-state index in [0.29, 0.717) is 18.2 Å². The first-order valence-electron chi connectivity index (χ1n) is 7.62. The van der Waals surface area contributed by atoms with Crippen molar-refractivity contribution in [3.63, 3.8) is 0 Å². The Balaban J connectivity index is 1.43. The van der Waals surface area contributed by atoms with Crippen LogP contribution in [-0.4, -0.2) is 54.2 Å². The molecule has 0 bridgehead atoms. The van der Waals surface area contributed by atoms with E-state index in [2.05, 4.69) is 14.9 Å². The third-order valence-electron chi connectivity index (χ3n) is 3.85. The molecular formula is C16H19FN4O2. The van der Waals surface area contributed by atoms with Crippen LogP contribution in [0.4, 0.5) is 10.2 Å². The van der Waals surface area contributed by atoms with E-state index in [1.165, 1.54) is 18.3 Å². The third-order valence-corrected chi connectivity index (χ3v) is 3.85. The van der Waals surface area contributed by atoms with Crippen molar-refractivity contribution in [2.24, 2.45) is 0 Å². The first-order valence-corrected chi connectivity index (χ1v) is 7.62. The molecule has 1 aliphatic rings. The monoisotopic (exact) mass is 318 g/mol. The predicted octanol–water partition coefficient (Wildman–Crippen LogP) is 1.11. The Kier molecular flexibility index (Phi) is 4.87. The maximum absolute atomic E-state index is 12.8. The predicted molar refractivity (Wildman–Crippen MR) is 85.4 cm³/mol. The SMILES string of the molecule is O=c1[nH]ccnc1N1CCN(CCOc2ccc(F)cc2)CC1. The smallest absolute Gasteiger partial charge is 0.290 e. The van der Waals surface area contributed by atoms with E-state index in [0.717, 1.165) is 32.7 Å². The largest absolute Gasteiger partial charge is 0.492 e. The van der Waals surface area contributed by atoms with Crippen LogP contribution in [0, 0.1) is 5.82 Å². The van der Waals surface area contributed by atoms with Crippen LogP contribution in [0.2, 0.25) is 0 Å². The van der Waals surface area contributed by atoms with Gasteiger partial charge in [0, 0.05) is 45.1 Å². The van der Waals surface area contributed by atoms with Gasteiger partial charge in [0.05, 0.1) is 0 Å². The van der Waals surface area contributed by atoms with Gasteiger partial charge in [-0.15, -0.1) is 0 Å². The topological polar surface area (TPSA) is 61.5 Å². The molecule has 2 aromatic rings. The van der Waals surface area contributed by atoms with Crippen LogP contribution in [0.25, 0.3) is 0 Å². The molecule has 0 saturated carbocycles. The zero-order valence-electron chi connectivity index (χ0n) is 12.7. The number of halogens is 1. The van der Waals surface area contributed by atoms with E-state index < -0.39 is 0 Å². The number of nitrogens with one attached hydrogen (secondary N) is 1. The molecule has 23 heavy (non-hydrogen) atoms. The van der Waals surface area contributed by atoms with Crippen molar-refractivity contribution in [3.8, 4) is 5.75 Å². The Hall–Kier alpha value is -2.41. The summed E-state index contributed by atoms with van der Waals surface area (Å²) in [7, 11) is 0. The van der Waals surface area contributed by atoms with Gasteiger partial charge in [-0.25, -0.2) is 9.37 Å². The molecule has 1 N–H and O–H groups in total. The first-order chi connectivity index (χ1) is 11.2. The number of piperazine rings is 1. The average molecular weight is 318 g/mol. The Labute approximate surface area is 133 Å². The quantitative estimate of drug-likeness (QED) is 0.895. The number of hydrogen-bond donors (Lipinski definition) is 1. The van der Waals surface area contributed by atoms with E-state index in [1.54, 1.807) is 18.3 Å². The van der Waals surface area contributed by atoms with Crippen LogP contribution in [0.3, 0.4) is 0 Å². The lowest BCUT2D eigenvalue weighted by molar-refractivity contribution is 0.200. The normalized spacial score (nSPS) is 15.6. The van der Waals surface area contributed by atoms with E-state index in [1.807, 2.05) is 4.90 Å². The Morgan fingerprint density at radius 3 is 2.61 bits per heavy atom. The van der Waals surface area contributed by atoms with Crippen LogP contribution >= 0.6 is 0 Å².